The van der Waals surface area contributed by atoms with Crippen molar-refractivity contribution in [3.63, 3.8) is 0 Å². The maximum atomic E-state index is 16.2. The van der Waals surface area contributed by atoms with E-state index in [-0.39, 0.29) is 18.0 Å². The molecule has 2 aromatic carbocycles. The van der Waals surface area contributed by atoms with Gasteiger partial charge in [-0.15, -0.1) is 11.6 Å². The van der Waals surface area contributed by atoms with Crippen LogP contribution in [0.25, 0.3) is 0 Å². The van der Waals surface area contributed by atoms with Gasteiger partial charge in [-0.05, 0) is 43.5 Å². The van der Waals surface area contributed by atoms with Crippen LogP contribution in [0.1, 0.15) is 19.3 Å². The SMILES string of the molecule is COC1(F)C=CN=CC1(CN(c1ccccc1)c1ccccc1)OC1CCC(Cl)C1. The highest BCUT2D eigenvalue weighted by molar-refractivity contribution is 6.20. The van der Waals surface area contributed by atoms with Crippen molar-refractivity contribution in [2.75, 3.05) is 18.6 Å². The average molecular weight is 429 g/mol. The maximum absolute atomic E-state index is 16.2. The molecule has 4 nitrogen and oxygen atoms in total. The Morgan fingerprint density at radius 2 is 1.70 bits per heavy atom. The molecule has 158 valence electrons. The molecule has 0 radical (unpaired) electrons. The molecule has 0 bridgehead atoms. The molecule has 0 N–H and O–H groups in total. The molecule has 0 aromatic heterocycles. The normalized spacial score (nSPS) is 30.5. The number of aliphatic imine (C=N–C) groups is 1. The standard InChI is InChI=1S/C24H26ClFN2O2/c1-29-24(26)14-15-27-17-23(24,30-22-13-12-19(25)16-22)18-28(20-8-4-2-5-9-20)21-10-6-3-7-11-21/h2-11,14-15,17,19,22H,12-13,16,18H2,1H3. The third kappa shape index (κ3) is 4.15. The van der Waals surface area contributed by atoms with Gasteiger partial charge < -0.3 is 14.4 Å². The molecule has 1 heterocycles. The molecule has 0 saturated heterocycles. The Labute approximate surface area is 182 Å². The summed E-state index contributed by atoms with van der Waals surface area (Å²) in [5.74, 6) is -2.17. The van der Waals surface area contributed by atoms with Crippen molar-refractivity contribution in [1.82, 2.24) is 0 Å². The lowest BCUT2D eigenvalue weighted by atomic mass is 9.91. The van der Waals surface area contributed by atoms with Crippen molar-refractivity contribution < 1.29 is 13.9 Å². The number of alkyl halides is 2. The number of hydrogen-bond donors (Lipinski definition) is 0. The average Bonchev–Trinajstić information content (AvgIpc) is 3.19. The highest BCUT2D eigenvalue weighted by atomic mass is 35.5. The number of para-hydroxylation sites is 2. The fourth-order valence-corrected chi connectivity index (χ4v) is 4.47. The van der Waals surface area contributed by atoms with Crippen molar-refractivity contribution in [2.24, 2.45) is 4.99 Å². The summed E-state index contributed by atoms with van der Waals surface area (Å²) in [5, 5.41) is 0.0408. The minimum atomic E-state index is -2.17. The van der Waals surface area contributed by atoms with Crippen molar-refractivity contribution in [3.05, 3.63) is 72.9 Å². The minimum absolute atomic E-state index is 0.0408. The van der Waals surface area contributed by atoms with Crippen LogP contribution in [0.3, 0.4) is 0 Å². The van der Waals surface area contributed by atoms with E-state index in [1.165, 1.54) is 25.6 Å². The van der Waals surface area contributed by atoms with Gasteiger partial charge in [-0.1, -0.05) is 36.4 Å². The predicted molar refractivity (Wildman–Crippen MR) is 119 cm³/mol. The highest BCUT2D eigenvalue weighted by Crippen LogP contribution is 2.41. The van der Waals surface area contributed by atoms with Gasteiger partial charge in [0.05, 0.1) is 12.6 Å². The van der Waals surface area contributed by atoms with E-state index in [1.807, 2.05) is 65.6 Å². The fraction of sp³-hybridized carbons (Fsp3) is 0.375. The second-order valence-corrected chi connectivity index (χ2v) is 8.36. The summed E-state index contributed by atoms with van der Waals surface area (Å²) in [6, 6.07) is 19.7. The van der Waals surface area contributed by atoms with E-state index in [9.17, 15) is 0 Å². The first-order chi connectivity index (χ1) is 14.6. The van der Waals surface area contributed by atoms with Crippen molar-refractivity contribution in [2.45, 2.75) is 42.2 Å². The second-order valence-electron chi connectivity index (χ2n) is 7.74. The molecule has 1 aliphatic heterocycles. The molecule has 1 saturated carbocycles. The zero-order valence-electron chi connectivity index (χ0n) is 17.0. The van der Waals surface area contributed by atoms with Gasteiger partial charge in [0.15, 0.2) is 5.60 Å². The lowest BCUT2D eigenvalue weighted by Crippen LogP contribution is -2.62. The summed E-state index contributed by atoms with van der Waals surface area (Å²) in [6.45, 7) is 0.183. The summed E-state index contributed by atoms with van der Waals surface area (Å²) in [5.41, 5.74) is 0.415. The van der Waals surface area contributed by atoms with Crippen LogP contribution in [0.15, 0.2) is 77.9 Å². The summed E-state index contributed by atoms with van der Waals surface area (Å²) < 4.78 is 28.0. The number of methoxy groups -OCH3 is 1. The molecular formula is C24H26ClFN2O2. The van der Waals surface area contributed by atoms with Crippen LogP contribution in [0.4, 0.5) is 15.8 Å². The van der Waals surface area contributed by atoms with Crippen LogP contribution in [-0.2, 0) is 9.47 Å². The van der Waals surface area contributed by atoms with Gasteiger partial charge in [0.1, 0.15) is 0 Å². The van der Waals surface area contributed by atoms with Crippen molar-refractivity contribution in [3.8, 4) is 0 Å². The Bertz CT molecular complexity index is 855. The lowest BCUT2D eigenvalue weighted by Gasteiger charge is -2.45. The van der Waals surface area contributed by atoms with Gasteiger partial charge in [-0.3, -0.25) is 4.99 Å². The third-order valence-electron chi connectivity index (χ3n) is 5.76. The number of anilines is 2. The Kier molecular flexibility index (Phi) is 6.23. The van der Waals surface area contributed by atoms with Gasteiger partial charge in [0.25, 0.3) is 5.85 Å². The topological polar surface area (TPSA) is 34.1 Å². The number of benzene rings is 2. The van der Waals surface area contributed by atoms with Crippen LogP contribution in [0, 0.1) is 0 Å². The molecule has 2 aliphatic rings. The fourth-order valence-electron chi connectivity index (χ4n) is 4.14. The number of rotatable bonds is 7. The Balaban J connectivity index is 1.75. The van der Waals surface area contributed by atoms with Crippen molar-refractivity contribution >= 4 is 29.2 Å². The molecule has 30 heavy (non-hydrogen) atoms. The van der Waals surface area contributed by atoms with Gasteiger partial charge >= 0.3 is 0 Å². The second kappa shape index (κ2) is 8.88. The number of hydrogen-bond acceptors (Lipinski definition) is 4. The van der Waals surface area contributed by atoms with Gasteiger partial charge in [0.2, 0.25) is 0 Å². The van der Waals surface area contributed by atoms with E-state index in [1.54, 1.807) is 0 Å². The molecule has 1 aliphatic carbocycles. The maximum Gasteiger partial charge on any atom is 0.266 e. The minimum Gasteiger partial charge on any atom is -0.358 e. The molecular weight excluding hydrogens is 403 g/mol. The summed E-state index contributed by atoms with van der Waals surface area (Å²) in [6.07, 6.45) is 6.43. The summed E-state index contributed by atoms with van der Waals surface area (Å²) in [4.78, 5) is 6.30. The largest absolute Gasteiger partial charge is 0.358 e. The van der Waals surface area contributed by atoms with Crippen LogP contribution >= 0.6 is 11.6 Å². The van der Waals surface area contributed by atoms with E-state index in [2.05, 4.69) is 4.99 Å². The Morgan fingerprint density at radius 1 is 1.07 bits per heavy atom. The van der Waals surface area contributed by atoms with Gasteiger partial charge in [-0.25, -0.2) is 4.39 Å². The lowest BCUT2D eigenvalue weighted by molar-refractivity contribution is -0.214. The first-order valence-corrected chi connectivity index (χ1v) is 10.6. The van der Waals surface area contributed by atoms with Crippen LogP contribution in [0.2, 0.25) is 0 Å². The predicted octanol–water partition coefficient (Wildman–Crippen LogP) is 5.65. The van der Waals surface area contributed by atoms with Gasteiger partial charge in [0, 0.05) is 42.4 Å². The molecule has 1 fully saturated rings. The Hall–Kier alpha value is -2.21. The zero-order chi connectivity index (χ0) is 21.0. The first-order valence-electron chi connectivity index (χ1n) is 10.2. The monoisotopic (exact) mass is 428 g/mol. The number of nitrogens with zero attached hydrogens (tertiary/aromatic N) is 2. The van der Waals surface area contributed by atoms with E-state index in [4.69, 9.17) is 21.1 Å². The third-order valence-corrected chi connectivity index (χ3v) is 6.15. The summed E-state index contributed by atoms with van der Waals surface area (Å²) in [7, 11) is 1.36. The van der Waals surface area contributed by atoms with E-state index >= 15 is 4.39 Å². The van der Waals surface area contributed by atoms with Crippen molar-refractivity contribution in [1.29, 1.82) is 0 Å². The smallest absolute Gasteiger partial charge is 0.266 e. The molecule has 4 rings (SSSR count). The van der Waals surface area contributed by atoms with E-state index < -0.39 is 11.5 Å². The van der Waals surface area contributed by atoms with Crippen LogP contribution in [-0.4, -0.2) is 42.8 Å². The molecule has 2 aromatic rings. The van der Waals surface area contributed by atoms with E-state index in [0.29, 0.717) is 6.42 Å². The number of halogens is 2. The first kappa shape index (κ1) is 21.0. The zero-order valence-corrected chi connectivity index (χ0v) is 17.7. The molecule has 4 unspecified atom stereocenters. The molecule has 4 atom stereocenters. The number of ether oxygens (including phenoxy) is 2. The summed E-state index contributed by atoms with van der Waals surface area (Å²) >= 11 is 6.31. The molecule has 0 amide bonds. The van der Waals surface area contributed by atoms with Gasteiger partial charge in [-0.2, -0.15) is 0 Å². The molecule has 0 spiro atoms. The van der Waals surface area contributed by atoms with E-state index in [0.717, 1.165) is 24.2 Å². The molecule has 6 heteroatoms. The van der Waals surface area contributed by atoms with Crippen LogP contribution in [0.5, 0.6) is 0 Å². The Morgan fingerprint density at radius 3 is 2.23 bits per heavy atom. The highest BCUT2D eigenvalue weighted by Gasteiger charge is 2.56. The van der Waals surface area contributed by atoms with Crippen LogP contribution < -0.4 is 4.90 Å². The quantitative estimate of drug-likeness (QED) is 0.534.